The molecule has 0 saturated carbocycles. The van der Waals surface area contributed by atoms with Crippen LogP contribution in [0.15, 0.2) is 47.7 Å². The number of imidazole rings is 1. The Morgan fingerprint density at radius 3 is 2.79 bits per heavy atom. The molecule has 0 radical (unpaired) electrons. The number of nitrogens with one attached hydrogen (secondary N) is 2. The Kier molecular flexibility index (Phi) is 4.08. The van der Waals surface area contributed by atoms with Crippen LogP contribution in [0.3, 0.4) is 0 Å². The van der Waals surface area contributed by atoms with E-state index in [2.05, 4.69) is 32.1 Å². The summed E-state index contributed by atoms with van der Waals surface area (Å²) in [5.41, 5.74) is 2.67. The van der Waals surface area contributed by atoms with Gasteiger partial charge < -0.3 is 10.8 Å². The van der Waals surface area contributed by atoms with Crippen molar-refractivity contribution in [1.82, 2.24) is 24.6 Å². The highest BCUT2D eigenvalue weighted by Gasteiger charge is 2.09. The van der Waals surface area contributed by atoms with E-state index in [1.807, 2.05) is 31.3 Å². The lowest BCUT2D eigenvalue weighted by atomic mass is 10.1. The number of hydrogen-bond acceptors (Lipinski definition) is 7. The van der Waals surface area contributed by atoms with Crippen LogP contribution in [0.2, 0.25) is 0 Å². The third kappa shape index (κ3) is 2.75. The van der Waals surface area contributed by atoms with Crippen molar-refractivity contribution in [3.8, 4) is 0 Å². The maximum absolute atomic E-state index is 11.3. The van der Waals surface area contributed by atoms with Crippen molar-refractivity contribution in [3.05, 3.63) is 58.9 Å². The van der Waals surface area contributed by atoms with Crippen molar-refractivity contribution in [1.29, 1.82) is 0 Å². The summed E-state index contributed by atoms with van der Waals surface area (Å²) in [7, 11) is 0. The number of nitrogen functional groups attached to an aromatic ring is 1. The highest BCUT2D eigenvalue weighted by molar-refractivity contribution is 5.83. The molecule has 5 N–H and O–H groups in total. The lowest BCUT2D eigenvalue weighted by Crippen LogP contribution is -2.30. The van der Waals surface area contributed by atoms with Crippen LogP contribution >= 0.6 is 0 Å². The number of aryl methyl sites for hydroxylation is 1. The van der Waals surface area contributed by atoms with E-state index in [-0.39, 0.29) is 17.1 Å². The molecule has 0 aliphatic rings. The lowest BCUT2D eigenvalue weighted by Gasteiger charge is -2.02. The summed E-state index contributed by atoms with van der Waals surface area (Å²) in [6.07, 6.45) is 3.16. The molecular weight excluding hydrogens is 310 g/mol. The van der Waals surface area contributed by atoms with Crippen LogP contribution < -0.4 is 16.9 Å². The van der Waals surface area contributed by atoms with E-state index in [1.165, 1.54) is 17.1 Å². The van der Waals surface area contributed by atoms with Crippen molar-refractivity contribution >= 4 is 27.9 Å². The Labute approximate surface area is 135 Å². The zero-order chi connectivity index (χ0) is 17.1. The van der Waals surface area contributed by atoms with E-state index in [0.717, 1.165) is 5.69 Å². The van der Waals surface area contributed by atoms with Crippen molar-refractivity contribution in [2.75, 3.05) is 11.3 Å². The molecule has 0 bridgehead atoms. The zero-order valence-corrected chi connectivity index (χ0v) is 12.8. The molecule has 24 heavy (non-hydrogen) atoms. The van der Waals surface area contributed by atoms with Crippen LogP contribution in [-0.4, -0.2) is 29.8 Å². The van der Waals surface area contributed by atoms with Crippen LogP contribution in [0.1, 0.15) is 5.69 Å². The normalized spacial score (nSPS) is 10.4. The fourth-order valence-corrected chi connectivity index (χ4v) is 2.25. The first kappa shape index (κ1) is 15.4. The molecule has 0 atom stereocenters. The fourth-order valence-electron chi connectivity index (χ4n) is 2.25. The topological polar surface area (TPSA) is 135 Å². The Morgan fingerprint density at radius 1 is 1.25 bits per heavy atom. The second kappa shape index (κ2) is 6.34. The molecule has 0 saturated heterocycles. The SMILES string of the molecule is Cc1nccc2ccccc12.Nn1c(NO)nc2nc[nH]c2c1=O. The van der Waals surface area contributed by atoms with Gasteiger partial charge in [0.1, 0.15) is 0 Å². The number of benzene rings is 1. The van der Waals surface area contributed by atoms with Gasteiger partial charge in [-0.2, -0.15) is 9.66 Å². The van der Waals surface area contributed by atoms with E-state index < -0.39 is 5.56 Å². The standard InChI is InChI=1S/C10H9N.C5H6N6O2/c1-8-10-5-3-2-4-9(10)6-7-11-8;6-11-4(12)2-3(8-1-7-2)9-5(11)10-13/h2-7H,1H3;1,13H,6H2,(H,7,8)(H,9,10). The van der Waals surface area contributed by atoms with E-state index in [1.54, 1.807) is 5.48 Å². The minimum Gasteiger partial charge on any atom is -0.339 e. The Bertz CT molecular complexity index is 1050. The lowest BCUT2D eigenvalue weighted by molar-refractivity contribution is 0.379. The van der Waals surface area contributed by atoms with Gasteiger partial charge >= 0.3 is 0 Å². The third-order valence-electron chi connectivity index (χ3n) is 3.46. The van der Waals surface area contributed by atoms with E-state index in [9.17, 15) is 4.79 Å². The molecule has 122 valence electrons. The summed E-state index contributed by atoms with van der Waals surface area (Å²) < 4.78 is 0.681. The molecule has 3 aromatic heterocycles. The molecule has 3 heterocycles. The monoisotopic (exact) mass is 325 g/mol. The van der Waals surface area contributed by atoms with Gasteiger partial charge in [-0.1, -0.05) is 24.3 Å². The van der Waals surface area contributed by atoms with Crippen LogP contribution in [0.25, 0.3) is 21.9 Å². The van der Waals surface area contributed by atoms with Crippen molar-refractivity contribution < 1.29 is 5.21 Å². The predicted molar refractivity (Wildman–Crippen MR) is 90.2 cm³/mol. The van der Waals surface area contributed by atoms with Gasteiger partial charge in [-0.15, -0.1) is 0 Å². The van der Waals surface area contributed by atoms with Gasteiger partial charge in [0, 0.05) is 17.3 Å². The number of rotatable bonds is 1. The maximum Gasteiger partial charge on any atom is 0.299 e. The highest BCUT2D eigenvalue weighted by atomic mass is 16.5. The number of nitrogens with two attached hydrogens (primary N) is 1. The molecule has 4 aromatic rings. The quantitative estimate of drug-likeness (QED) is 0.305. The molecule has 0 aliphatic heterocycles. The number of aromatic amines is 1. The van der Waals surface area contributed by atoms with Crippen LogP contribution in [0.5, 0.6) is 0 Å². The van der Waals surface area contributed by atoms with E-state index in [0.29, 0.717) is 4.68 Å². The van der Waals surface area contributed by atoms with Crippen molar-refractivity contribution in [3.63, 3.8) is 0 Å². The molecule has 0 amide bonds. The molecule has 4 rings (SSSR count). The number of anilines is 1. The first-order valence-corrected chi connectivity index (χ1v) is 7.03. The van der Waals surface area contributed by atoms with Crippen molar-refractivity contribution in [2.45, 2.75) is 6.92 Å². The van der Waals surface area contributed by atoms with Crippen molar-refractivity contribution in [2.24, 2.45) is 0 Å². The summed E-state index contributed by atoms with van der Waals surface area (Å²) in [4.78, 5) is 25.6. The number of aromatic nitrogens is 5. The number of nitrogens with zero attached hydrogens (tertiary/aromatic N) is 4. The minimum atomic E-state index is -0.515. The molecule has 0 unspecified atom stereocenters. The average molecular weight is 325 g/mol. The molecule has 0 fully saturated rings. The minimum absolute atomic E-state index is 0.162. The van der Waals surface area contributed by atoms with E-state index in [4.69, 9.17) is 11.0 Å². The maximum atomic E-state index is 11.3. The molecule has 1 aromatic carbocycles. The largest absolute Gasteiger partial charge is 0.339 e. The molecule has 9 nitrogen and oxygen atoms in total. The predicted octanol–water partition coefficient (Wildman–Crippen LogP) is 1.18. The first-order chi connectivity index (χ1) is 11.6. The van der Waals surface area contributed by atoms with Gasteiger partial charge in [0.2, 0.25) is 0 Å². The molecular formula is C15H15N7O2. The molecule has 0 spiro atoms. The number of hydrogen-bond donors (Lipinski definition) is 4. The van der Waals surface area contributed by atoms with Gasteiger partial charge in [-0.3, -0.25) is 15.0 Å². The number of pyridine rings is 1. The van der Waals surface area contributed by atoms with Gasteiger partial charge in [-0.25, -0.2) is 10.5 Å². The number of fused-ring (bicyclic) bond motifs is 2. The second-order valence-electron chi connectivity index (χ2n) is 4.94. The highest BCUT2D eigenvalue weighted by Crippen LogP contribution is 2.14. The smallest absolute Gasteiger partial charge is 0.299 e. The second-order valence-corrected chi connectivity index (χ2v) is 4.94. The average Bonchev–Trinajstić information content (AvgIpc) is 3.08. The Hall–Kier alpha value is -3.46. The molecule has 0 aliphatic carbocycles. The van der Waals surface area contributed by atoms with E-state index >= 15 is 0 Å². The fraction of sp³-hybridized carbons (Fsp3) is 0.0667. The third-order valence-corrected chi connectivity index (χ3v) is 3.46. The van der Waals surface area contributed by atoms with Crippen LogP contribution in [0, 0.1) is 6.92 Å². The number of H-pyrrole nitrogens is 1. The van der Waals surface area contributed by atoms with Gasteiger partial charge in [-0.05, 0) is 18.4 Å². The zero-order valence-electron chi connectivity index (χ0n) is 12.8. The van der Waals surface area contributed by atoms with Gasteiger partial charge in [0.05, 0.1) is 6.33 Å². The summed E-state index contributed by atoms with van der Waals surface area (Å²) in [5, 5.41) is 11.1. The van der Waals surface area contributed by atoms with Gasteiger partial charge in [0.25, 0.3) is 11.5 Å². The molecule has 9 heteroatoms. The summed E-state index contributed by atoms with van der Waals surface area (Å²) in [6.45, 7) is 2.03. The van der Waals surface area contributed by atoms with Crippen LogP contribution in [0.4, 0.5) is 5.95 Å². The summed E-state index contributed by atoms with van der Waals surface area (Å²) in [6, 6.07) is 10.3. The van der Waals surface area contributed by atoms with Crippen LogP contribution in [-0.2, 0) is 0 Å². The summed E-state index contributed by atoms with van der Waals surface area (Å²) >= 11 is 0. The Balaban J connectivity index is 0.000000143. The van der Waals surface area contributed by atoms with Gasteiger partial charge in [0.15, 0.2) is 11.2 Å². The first-order valence-electron chi connectivity index (χ1n) is 7.03. The summed E-state index contributed by atoms with van der Waals surface area (Å²) in [5.74, 6) is 5.13. The Morgan fingerprint density at radius 2 is 2.04 bits per heavy atom.